The number of nitrogens with one attached hydrogen (secondary N) is 2. The van der Waals surface area contributed by atoms with E-state index in [0.717, 1.165) is 34.8 Å². The number of aryl methyl sites for hydroxylation is 1. The molecule has 1 aromatic carbocycles. The third kappa shape index (κ3) is 3.76. The molecular formula is C18H22N6O. The molecule has 0 atom stereocenters. The van der Waals surface area contributed by atoms with Crippen LogP contribution in [0.3, 0.4) is 0 Å². The first-order valence-corrected chi connectivity index (χ1v) is 8.38. The van der Waals surface area contributed by atoms with E-state index < -0.39 is 0 Å². The highest BCUT2D eigenvalue weighted by Crippen LogP contribution is 2.18. The van der Waals surface area contributed by atoms with Gasteiger partial charge in [0.15, 0.2) is 11.5 Å². The number of hydrogen-bond acceptors (Lipinski definition) is 5. The van der Waals surface area contributed by atoms with Gasteiger partial charge < -0.3 is 15.2 Å². The summed E-state index contributed by atoms with van der Waals surface area (Å²) in [6.45, 7) is 7.22. The van der Waals surface area contributed by atoms with Gasteiger partial charge in [-0.05, 0) is 24.6 Å². The molecule has 0 spiro atoms. The lowest BCUT2D eigenvalue weighted by molar-refractivity contribution is -0.118. The Kier molecular flexibility index (Phi) is 4.92. The Morgan fingerprint density at radius 1 is 1.16 bits per heavy atom. The quantitative estimate of drug-likeness (QED) is 0.721. The Balaban J connectivity index is 1.68. The molecule has 0 bridgehead atoms. The predicted molar refractivity (Wildman–Crippen MR) is 98.2 cm³/mol. The number of amides is 1. The molecular weight excluding hydrogens is 316 g/mol. The second kappa shape index (κ2) is 7.29. The van der Waals surface area contributed by atoms with Crippen LogP contribution in [0.5, 0.6) is 0 Å². The van der Waals surface area contributed by atoms with Gasteiger partial charge in [0.2, 0.25) is 5.91 Å². The Morgan fingerprint density at radius 2 is 1.92 bits per heavy atom. The Hall–Kier alpha value is -2.96. The van der Waals surface area contributed by atoms with Gasteiger partial charge in [0.05, 0.1) is 6.33 Å². The van der Waals surface area contributed by atoms with Crippen LogP contribution in [0.15, 0.2) is 36.9 Å². The van der Waals surface area contributed by atoms with Gasteiger partial charge in [-0.1, -0.05) is 26.0 Å². The highest BCUT2D eigenvalue weighted by molar-refractivity contribution is 5.92. The summed E-state index contributed by atoms with van der Waals surface area (Å²) in [7, 11) is 0. The summed E-state index contributed by atoms with van der Waals surface area (Å²) in [5, 5.41) is 6.19. The van der Waals surface area contributed by atoms with Crippen molar-refractivity contribution in [3.05, 3.63) is 42.5 Å². The maximum Gasteiger partial charge on any atom is 0.226 e. The summed E-state index contributed by atoms with van der Waals surface area (Å²) >= 11 is 0. The Labute approximate surface area is 146 Å². The van der Waals surface area contributed by atoms with Crippen molar-refractivity contribution in [1.29, 1.82) is 0 Å². The van der Waals surface area contributed by atoms with Crippen LogP contribution in [0.1, 0.15) is 26.3 Å². The van der Waals surface area contributed by atoms with E-state index >= 15 is 0 Å². The molecule has 0 aliphatic carbocycles. The second-order valence-electron chi connectivity index (χ2n) is 6.12. The molecule has 0 aliphatic heterocycles. The molecule has 2 N–H and O–H groups in total. The predicted octanol–water partition coefficient (Wildman–Crippen LogP) is 3.05. The van der Waals surface area contributed by atoms with Gasteiger partial charge in [0.25, 0.3) is 0 Å². The van der Waals surface area contributed by atoms with Crippen LogP contribution in [0.2, 0.25) is 0 Å². The Morgan fingerprint density at radius 3 is 2.60 bits per heavy atom. The fourth-order valence-electron chi connectivity index (χ4n) is 2.42. The summed E-state index contributed by atoms with van der Waals surface area (Å²) in [6, 6.07) is 7.76. The zero-order valence-electron chi connectivity index (χ0n) is 14.7. The average molecular weight is 338 g/mol. The van der Waals surface area contributed by atoms with Crippen LogP contribution in [0, 0.1) is 5.92 Å². The molecule has 7 heteroatoms. The van der Waals surface area contributed by atoms with Gasteiger partial charge in [-0.25, -0.2) is 15.0 Å². The van der Waals surface area contributed by atoms with Crippen molar-refractivity contribution in [3.63, 3.8) is 0 Å². The summed E-state index contributed by atoms with van der Waals surface area (Å²) < 4.78 is 1.98. The third-order valence-corrected chi connectivity index (χ3v) is 3.95. The molecule has 7 nitrogen and oxygen atoms in total. The van der Waals surface area contributed by atoms with E-state index in [9.17, 15) is 4.79 Å². The maximum atomic E-state index is 11.7. The molecule has 2 aromatic heterocycles. The van der Waals surface area contributed by atoms with E-state index in [-0.39, 0.29) is 11.8 Å². The first kappa shape index (κ1) is 16.9. The van der Waals surface area contributed by atoms with Crippen molar-refractivity contribution >= 4 is 28.6 Å². The monoisotopic (exact) mass is 338 g/mol. The molecule has 3 aromatic rings. The zero-order chi connectivity index (χ0) is 17.8. The van der Waals surface area contributed by atoms with Crippen LogP contribution in [0.25, 0.3) is 11.2 Å². The fraction of sp³-hybridized carbons (Fsp3) is 0.333. The molecule has 3 rings (SSSR count). The summed E-state index contributed by atoms with van der Waals surface area (Å²) in [5.74, 6) is 0.694. The van der Waals surface area contributed by atoms with E-state index in [1.807, 2.05) is 42.7 Å². The lowest BCUT2D eigenvalue weighted by Crippen LogP contribution is -2.17. The van der Waals surface area contributed by atoms with Gasteiger partial charge in [-0.2, -0.15) is 0 Å². The van der Waals surface area contributed by atoms with E-state index in [1.165, 1.54) is 0 Å². The largest absolute Gasteiger partial charge is 0.364 e. The van der Waals surface area contributed by atoms with Crippen molar-refractivity contribution in [1.82, 2.24) is 19.5 Å². The van der Waals surface area contributed by atoms with E-state index in [0.29, 0.717) is 6.54 Å². The summed E-state index contributed by atoms with van der Waals surface area (Å²) in [6.07, 6.45) is 3.32. The number of benzene rings is 1. The molecule has 2 heterocycles. The van der Waals surface area contributed by atoms with E-state index in [2.05, 4.69) is 32.5 Å². The zero-order valence-corrected chi connectivity index (χ0v) is 14.7. The van der Waals surface area contributed by atoms with Crippen molar-refractivity contribution < 1.29 is 4.79 Å². The first-order valence-electron chi connectivity index (χ1n) is 8.38. The number of carbonyl (C=O) groups is 1. The number of carbonyl (C=O) groups excluding carboxylic acids is 1. The third-order valence-electron chi connectivity index (χ3n) is 3.95. The number of nitrogens with zero attached hydrogens (tertiary/aromatic N) is 4. The standard InChI is InChI=1S/C18H22N6O/c1-4-24-11-22-15-16(20-10-21-17(15)24)19-9-13-5-7-14(8-6-13)23-18(25)12(2)3/h5-8,10-12H,4,9H2,1-3H3,(H,23,25)(H,19,20,21). The number of fused-ring (bicyclic) bond motifs is 1. The van der Waals surface area contributed by atoms with Gasteiger partial charge in [-0.15, -0.1) is 0 Å². The minimum atomic E-state index is -0.0376. The van der Waals surface area contributed by atoms with Crippen LogP contribution in [-0.2, 0) is 17.9 Å². The van der Waals surface area contributed by atoms with Crippen molar-refractivity contribution in [3.8, 4) is 0 Å². The molecule has 130 valence electrons. The first-order chi connectivity index (χ1) is 12.1. The minimum absolute atomic E-state index is 0.0146. The molecule has 0 unspecified atom stereocenters. The molecule has 0 saturated carbocycles. The van der Waals surface area contributed by atoms with E-state index in [1.54, 1.807) is 12.7 Å². The topological polar surface area (TPSA) is 84.7 Å². The van der Waals surface area contributed by atoms with Crippen molar-refractivity contribution in [2.75, 3.05) is 10.6 Å². The lowest BCUT2D eigenvalue weighted by Gasteiger charge is -2.09. The highest BCUT2D eigenvalue weighted by atomic mass is 16.1. The smallest absolute Gasteiger partial charge is 0.226 e. The maximum absolute atomic E-state index is 11.7. The van der Waals surface area contributed by atoms with Crippen LogP contribution < -0.4 is 10.6 Å². The normalized spacial score (nSPS) is 11.0. The van der Waals surface area contributed by atoms with Gasteiger partial charge >= 0.3 is 0 Å². The van der Waals surface area contributed by atoms with Crippen molar-refractivity contribution in [2.24, 2.45) is 5.92 Å². The van der Waals surface area contributed by atoms with Gasteiger partial charge in [-0.3, -0.25) is 4.79 Å². The van der Waals surface area contributed by atoms with Gasteiger partial charge in [0.1, 0.15) is 11.8 Å². The molecule has 0 radical (unpaired) electrons. The molecule has 1 amide bonds. The molecule has 0 fully saturated rings. The SMILES string of the molecule is CCn1cnc2c(NCc3ccc(NC(=O)C(C)C)cc3)ncnc21. The van der Waals surface area contributed by atoms with Crippen LogP contribution >= 0.6 is 0 Å². The minimum Gasteiger partial charge on any atom is -0.364 e. The molecule has 25 heavy (non-hydrogen) atoms. The Bertz CT molecular complexity index is 869. The molecule has 0 saturated heterocycles. The number of rotatable bonds is 6. The number of aromatic nitrogens is 4. The summed E-state index contributed by atoms with van der Waals surface area (Å²) in [5.41, 5.74) is 3.48. The van der Waals surface area contributed by atoms with Crippen LogP contribution in [-0.4, -0.2) is 25.4 Å². The van der Waals surface area contributed by atoms with E-state index in [4.69, 9.17) is 0 Å². The van der Waals surface area contributed by atoms with Crippen molar-refractivity contribution in [2.45, 2.75) is 33.9 Å². The number of hydrogen-bond donors (Lipinski definition) is 2. The molecule has 0 aliphatic rings. The second-order valence-corrected chi connectivity index (χ2v) is 6.12. The van der Waals surface area contributed by atoms with Crippen LogP contribution in [0.4, 0.5) is 11.5 Å². The fourth-order valence-corrected chi connectivity index (χ4v) is 2.42. The average Bonchev–Trinajstić information content (AvgIpc) is 3.04. The lowest BCUT2D eigenvalue weighted by atomic mass is 10.1. The summed E-state index contributed by atoms with van der Waals surface area (Å²) in [4.78, 5) is 24.7. The number of anilines is 2. The number of imidazole rings is 1. The van der Waals surface area contributed by atoms with Gasteiger partial charge in [0, 0.05) is 24.7 Å². The highest BCUT2D eigenvalue weighted by Gasteiger charge is 2.09.